The van der Waals surface area contributed by atoms with Crippen molar-refractivity contribution >= 4 is 21.8 Å². The number of rotatable bonds is 19. The fourth-order valence-corrected chi connectivity index (χ4v) is 4.76. The molecule has 0 aliphatic carbocycles. The van der Waals surface area contributed by atoms with Crippen LogP contribution in [-0.4, -0.2) is 68.8 Å². The highest BCUT2D eigenvalue weighted by atomic mass is 79.9. The maximum absolute atomic E-state index is 13.4. The highest BCUT2D eigenvalue weighted by Gasteiger charge is 2.34. The van der Waals surface area contributed by atoms with Gasteiger partial charge in [-0.2, -0.15) is 13.2 Å². The van der Waals surface area contributed by atoms with E-state index >= 15 is 0 Å². The third-order valence-corrected chi connectivity index (χ3v) is 7.56. The molecule has 0 bridgehead atoms. The van der Waals surface area contributed by atoms with E-state index in [2.05, 4.69) is 26.2 Å². The maximum Gasteiger partial charge on any atom is 0.417 e. The number of ether oxygens (including phenoxy) is 5. The highest BCUT2D eigenvalue weighted by Crippen LogP contribution is 2.31. The molecule has 3 aromatic rings. The molecule has 3 rings (SSSR count). The van der Waals surface area contributed by atoms with Gasteiger partial charge < -0.3 is 29.0 Å². The summed E-state index contributed by atoms with van der Waals surface area (Å²) in [5, 5.41) is 3.05. The van der Waals surface area contributed by atoms with E-state index in [0.717, 1.165) is 27.7 Å². The second-order valence-corrected chi connectivity index (χ2v) is 12.0. The molecule has 0 radical (unpaired) electrons. The minimum absolute atomic E-state index is 0.0878. The quantitative estimate of drug-likeness (QED) is 0.134. The number of hydrogen-bond acceptors (Lipinski definition) is 7. The molecule has 2 atom stereocenters. The van der Waals surface area contributed by atoms with Crippen LogP contribution in [0.5, 0.6) is 11.6 Å². The predicted octanol–water partition coefficient (Wildman–Crippen LogP) is 7.00. The first-order chi connectivity index (χ1) is 21.9. The molecular weight excluding hydrogens is 669 g/mol. The number of pyridine rings is 1. The van der Waals surface area contributed by atoms with Gasteiger partial charge in [-0.05, 0) is 75.6 Å². The highest BCUT2D eigenvalue weighted by molar-refractivity contribution is 9.10. The van der Waals surface area contributed by atoms with Gasteiger partial charge in [0.05, 0.1) is 38.6 Å². The summed E-state index contributed by atoms with van der Waals surface area (Å²) in [6.45, 7) is 10.4. The van der Waals surface area contributed by atoms with Gasteiger partial charge in [-0.25, -0.2) is 4.98 Å². The van der Waals surface area contributed by atoms with Crippen LogP contribution in [0, 0.1) is 0 Å². The van der Waals surface area contributed by atoms with Crippen molar-refractivity contribution in [1.82, 2.24) is 10.3 Å². The zero-order valence-corrected chi connectivity index (χ0v) is 28.2. The van der Waals surface area contributed by atoms with Crippen molar-refractivity contribution in [3.05, 3.63) is 88.0 Å². The van der Waals surface area contributed by atoms with Gasteiger partial charge in [-0.15, -0.1) is 0 Å². The molecule has 0 aliphatic heterocycles. The molecule has 0 aliphatic rings. The third-order valence-electron chi connectivity index (χ3n) is 7.03. The third kappa shape index (κ3) is 12.5. The van der Waals surface area contributed by atoms with Gasteiger partial charge in [0.25, 0.3) is 5.91 Å². The van der Waals surface area contributed by atoms with Crippen LogP contribution in [-0.2, 0) is 31.6 Å². The molecule has 0 spiro atoms. The molecule has 0 saturated heterocycles. The van der Waals surface area contributed by atoms with Crippen molar-refractivity contribution < 1.29 is 41.7 Å². The second kappa shape index (κ2) is 18.2. The van der Waals surface area contributed by atoms with Crippen LogP contribution in [0.25, 0.3) is 0 Å². The molecule has 1 aromatic heterocycles. The number of nitrogens with zero attached hydrogens (tertiary/aromatic N) is 1. The number of carbonyl (C=O) groups excluding carboxylic acids is 1. The molecule has 8 nitrogen and oxygen atoms in total. The molecule has 12 heteroatoms. The fourth-order valence-electron chi connectivity index (χ4n) is 4.49. The van der Waals surface area contributed by atoms with Crippen LogP contribution in [0.15, 0.2) is 71.3 Å². The van der Waals surface area contributed by atoms with Crippen molar-refractivity contribution in [2.45, 2.75) is 57.9 Å². The van der Waals surface area contributed by atoms with E-state index in [4.69, 9.17) is 23.7 Å². The van der Waals surface area contributed by atoms with Crippen LogP contribution in [0.1, 0.15) is 50.3 Å². The van der Waals surface area contributed by atoms with Crippen LogP contribution < -0.4 is 14.8 Å². The number of amides is 1. The summed E-state index contributed by atoms with van der Waals surface area (Å²) in [7, 11) is 0. The van der Waals surface area contributed by atoms with Gasteiger partial charge in [0, 0.05) is 35.3 Å². The average Bonchev–Trinajstić information content (AvgIpc) is 3.01. The first-order valence-corrected chi connectivity index (χ1v) is 15.9. The Labute approximate surface area is 277 Å². The number of aromatic nitrogens is 1. The van der Waals surface area contributed by atoms with E-state index in [1.165, 1.54) is 0 Å². The van der Waals surface area contributed by atoms with Gasteiger partial charge >= 0.3 is 6.18 Å². The minimum Gasteiger partial charge on any atom is -0.491 e. The van der Waals surface area contributed by atoms with Crippen LogP contribution >= 0.6 is 15.9 Å². The Morgan fingerprint density at radius 2 is 1.57 bits per heavy atom. The molecule has 0 fully saturated rings. The van der Waals surface area contributed by atoms with E-state index < -0.39 is 23.2 Å². The van der Waals surface area contributed by atoms with Crippen LogP contribution in [0.3, 0.4) is 0 Å². The molecule has 2 unspecified atom stereocenters. The molecule has 1 N–H and O–H groups in total. The standard InChI is InChI=1S/C34H42BrF3N2O6/c1-5-42-15-16-43-17-18-44-19-20-45-29-8-6-7-26(22-29)30(21-25-9-12-28(35)13-10-25)24(2)40-32(41)33(3,4)46-31-14-11-27(23-39-31)34(36,37)38/h6-14,22-24,30H,5,15-21H2,1-4H3,(H,40,41). The second-order valence-electron chi connectivity index (χ2n) is 11.0. The lowest BCUT2D eigenvalue weighted by Gasteiger charge is -2.31. The first kappa shape index (κ1) is 37.3. The Morgan fingerprint density at radius 1 is 0.913 bits per heavy atom. The van der Waals surface area contributed by atoms with Crippen molar-refractivity contribution in [3.63, 3.8) is 0 Å². The fraction of sp³-hybridized carbons (Fsp3) is 0.471. The lowest BCUT2D eigenvalue weighted by atomic mass is 9.86. The Bertz CT molecular complexity index is 1340. The number of carbonyl (C=O) groups is 1. The monoisotopic (exact) mass is 710 g/mol. The largest absolute Gasteiger partial charge is 0.491 e. The van der Waals surface area contributed by atoms with Crippen LogP contribution in [0.2, 0.25) is 0 Å². The molecular formula is C34H42BrF3N2O6. The normalized spacial score (nSPS) is 13.2. The summed E-state index contributed by atoms with van der Waals surface area (Å²) < 4.78 is 67.7. The molecule has 0 saturated carbocycles. The Morgan fingerprint density at radius 3 is 2.17 bits per heavy atom. The number of halogens is 4. The van der Waals surface area contributed by atoms with E-state index in [0.29, 0.717) is 64.6 Å². The van der Waals surface area contributed by atoms with E-state index in [-0.39, 0.29) is 17.8 Å². The zero-order valence-electron chi connectivity index (χ0n) is 26.6. The zero-order chi connectivity index (χ0) is 33.6. The molecule has 1 heterocycles. The summed E-state index contributed by atoms with van der Waals surface area (Å²) >= 11 is 3.48. The van der Waals surface area contributed by atoms with E-state index in [1.807, 2.05) is 62.4 Å². The summed E-state index contributed by atoms with van der Waals surface area (Å²) in [4.78, 5) is 17.2. The summed E-state index contributed by atoms with van der Waals surface area (Å²) in [5.41, 5.74) is -0.284. The first-order valence-electron chi connectivity index (χ1n) is 15.1. The smallest absolute Gasteiger partial charge is 0.417 e. The summed E-state index contributed by atoms with van der Waals surface area (Å²) in [6, 6.07) is 17.3. The number of nitrogens with one attached hydrogen (secondary N) is 1. The van der Waals surface area contributed by atoms with Gasteiger partial charge in [-0.1, -0.05) is 40.2 Å². The Hall–Kier alpha value is -3.19. The van der Waals surface area contributed by atoms with Crippen molar-refractivity contribution in [1.29, 1.82) is 0 Å². The van der Waals surface area contributed by atoms with Gasteiger partial charge in [0.1, 0.15) is 12.4 Å². The van der Waals surface area contributed by atoms with Gasteiger partial charge in [0.15, 0.2) is 5.60 Å². The number of benzene rings is 2. The van der Waals surface area contributed by atoms with Gasteiger partial charge in [-0.3, -0.25) is 4.79 Å². The minimum atomic E-state index is -4.52. The number of hydrogen-bond donors (Lipinski definition) is 1. The maximum atomic E-state index is 13.4. The van der Waals surface area contributed by atoms with E-state index in [1.54, 1.807) is 13.8 Å². The molecule has 252 valence electrons. The SMILES string of the molecule is CCOCCOCCOCCOc1cccc(C(Cc2ccc(Br)cc2)C(C)NC(=O)C(C)(C)Oc2ccc(C(F)(F)F)cn2)c1. The lowest BCUT2D eigenvalue weighted by molar-refractivity contribution is -0.138. The number of alkyl halides is 3. The lowest BCUT2D eigenvalue weighted by Crippen LogP contribution is -2.51. The van der Waals surface area contributed by atoms with Crippen molar-refractivity contribution in [3.8, 4) is 11.6 Å². The Kier molecular flexibility index (Phi) is 14.8. The van der Waals surface area contributed by atoms with Gasteiger partial charge in [0.2, 0.25) is 5.88 Å². The molecule has 46 heavy (non-hydrogen) atoms. The summed E-state index contributed by atoms with van der Waals surface area (Å²) in [5.74, 6) is -0.00624. The van der Waals surface area contributed by atoms with E-state index in [9.17, 15) is 18.0 Å². The topological polar surface area (TPSA) is 88.1 Å². The predicted molar refractivity (Wildman–Crippen MR) is 172 cm³/mol. The van der Waals surface area contributed by atoms with Crippen LogP contribution in [0.4, 0.5) is 13.2 Å². The molecule has 1 amide bonds. The van der Waals surface area contributed by atoms with Crippen molar-refractivity contribution in [2.75, 3.05) is 46.2 Å². The average molecular weight is 712 g/mol. The van der Waals surface area contributed by atoms with Crippen molar-refractivity contribution in [2.24, 2.45) is 0 Å². The Balaban J connectivity index is 1.64. The summed E-state index contributed by atoms with van der Waals surface area (Å²) in [6.07, 6.45) is -3.22. The molecule has 2 aromatic carbocycles.